The predicted molar refractivity (Wildman–Crippen MR) is 48.3 cm³/mol. The molecule has 0 atom stereocenters. The van der Waals surface area contributed by atoms with Crippen molar-refractivity contribution in [2.45, 2.75) is 0 Å². The van der Waals surface area contributed by atoms with Crippen LogP contribution >= 0.6 is 0 Å². The minimum atomic E-state index is -0.472. The van der Waals surface area contributed by atoms with E-state index in [0.29, 0.717) is 0 Å². The molecule has 13 heavy (non-hydrogen) atoms. The van der Waals surface area contributed by atoms with Crippen LogP contribution in [0.4, 0.5) is 4.39 Å². The molecule has 0 aliphatic carbocycles. The molecule has 0 radical (unpaired) electrons. The Morgan fingerprint density at radius 2 is 2.08 bits per heavy atom. The molecule has 0 N–H and O–H groups in total. The summed E-state index contributed by atoms with van der Waals surface area (Å²) in [6.07, 6.45) is 1.50. The lowest BCUT2D eigenvalue weighted by molar-refractivity contribution is 0.415. The Labute approximate surface area is 75.0 Å². The third-order valence-corrected chi connectivity index (χ3v) is 1.90. The van der Waals surface area contributed by atoms with Crippen molar-refractivity contribution in [1.82, 2.24) is 4.98 Å². The molecule has 0 amide bonds. The summed E-state index contributed by atoms with van der Waals surface area (Å²) in [7, 11) is 1.58. The van der Waals surface area contributed by atoms with E-state index in [9.17, 15) is 4.39 Å². The predicted octanol–water partition coefficient (Wildman–Crippen LogP) is 2.38. The van der Waals surface area contributed by atoms with Crippen molar-refractivity contribution in [3.8, 4) is 5.75 Å². The summed E-state index contributed by atoms with van der Waals surface area (Å²) >= 11 is 0. The summed E-state index contributed by atoms with van der Waals surface area (Å²) in [5.74, 6) is 0.249. The fourth-order valence-corrected chi connectivity index (χ4v) is 1.22. The van der Waals surface area contributed by atoms with E-state index in [1.165, 1.54) is 12.3 Å². The summed E-state index contributed by atoms with van der Waals surface area (Å²) in [4.78, 5) is 3.56. The number of halogens is 1. The van der Waals surface area contributed by atoms with Gasteiger partial charge >= 0.3 is 0 Å². The first-order valence-electron chi connectivity index (χ1n) is 3.89. The molecule has 0 saturated heterocycles. The van der Waals surface area contributed by atoms with Gasteiger partial charge in [0.25, 0.3) is 0 Å². The molecule has 2 nitrogen and oxygen atoms in total. The molecular weight excluding hydrogens is 169 g/mol. The summed E-state index contributed by atoms with van der Waals surface area (Å²) in [6, 6.07) is 6.83. The first-order chi connectivity index (χ1) is 6.29. The van der Waals surface area contributed by atoms with Crippen LogP contribution in [0.5, 0.6) is 5.75 Å². The van der Waals surface area contributed by atoms with Crippen molar-refractivity contribution < 1.29 is 9.13 Å². The van der Waals surface area contributed by atoms with Crippen LogP contribution in [0.25, 0.3) is 10.8 Å². The Bertz CT molecular complexity index is 442. The average molecular weight is 177 g/mol. The van der Waals surface area contributed by atoms with Crippen LogP contribution in [-0.4, -0.2) is 12.1 Å². The Morgan fingerprint density at radius 1 is 1.23 bits per heavy atom. The first kappa shape index (κ1) is 7.98. The van der Waals surface area contributed by atoms with Gasteiger partial charge in [-0.25, -0.2) is 4.98 Å². The van der Waals surface area contributed by atoms with Gasteiger partial charge in [-0.05, 0) is 23.6 Å². The smallest absolute Gasteiger partial charge is 0.213 e. The number of hydrogen-bond donors (Lipinski definition) is 0. The van der Waals surface area contributed by atoms with Gasteiger partial charge in [0.2, 0.25) is 5.95 Å². The third-order valence-electron chi connectivity index (χ3n) is 1.90. The molecule has 0 saturated carbocycles. The van der Waals surface area contributed by atoms with Gasteiger partial charge in [-0.2, -0.15) is 4.39 Å². The molecule has 1 aromatic carbocycles. The lowest BCUT2D eigenvalue weighted by Crippen LogP contribution is -1.85. The number of methoxy groups -OCH3 is 1. The third kappa shape index (κ3) is 1.45. The molecule has 1 aromatic heterocycles. The van der Waals surface area contributed by atoms with E-state index in [2.05, 4.69) is 4.98 Å². The standard InChI is InChI=1S/C10H8FNO/c1-13-9-3-2-7-6-12-10(11)5-8(7)4-9/h2-6H,1H3. The number of benzene rings is 1. The van der Waals surface area contributed by atoms with E-state index in [1.807, 2.05) is 12.1 Å². The molecule has 0 aliphatic rings. The minimum Gasteiger partial charge on any atom is -0.497 e. The molecule has 0 spiro atoms. The molecule has 3 heteroatoms. The van der Waals surface area contributed by atoms with E-state index in [1.54, 1.807) is 13.2 Å². The molecule has 0 aliphatic heterocycles. The first-order valence-corrected chi connectivity index (χ1v) is 3.89. The molecule has 1 heterocycles. The highest BCUT2D eigenvalue weighted by Gasteiger charge is 1.98. The van der Waals surface area contributed by atoms with Gasteiger partial charge in [-0.1, -0.05) is 0 Å². The van der Waals surface area contributed by atoms with E-state index in [4.69, 9.17) is 4.74 Å². The van der Waals surface area contributed by atoms with Crippen molar-refractivity contribution in [1.29, 1.82) is 0 Å². The monoisotopic (exact) mass is 177 g/mol. The quantitative estimate of drug-likeness (QED) is 0.624. The molecule has 0 unspecified atom stereocenters. The van der Waals surface area contributed by atoms with E-state index in [0.717, 1.165) is 16.5 Å². The molecule has 2 rings (SSSR count). The summed E-state index contributed by atoms with van der Waals surface area (Å²) in [6.45, 7) is 0. The second kappa shape index (κ2) is 3.01. The van der Waals surface area contributed by atoms with Gasteiger partial charge < -0.3 is 4.74 Å². The van der Waals surface area contributed by atoms with Crippen LogP contribution in [0, 0.1) is 5.95 Å². The average Bonchev–Trinajstić information content (AvgIpc) is 2.16. The molecular formula is C10H8FNO. The number of aromatic nitrogens is 1. The van der Waals surface area contributed by atoms with Crippen molar-refractivity contribution in [2.24, 2.45) is 0 Å². The highest BCUT2D eigenvalue weighted by Crippen LogP contribution is 2.19. The number of nitrogens with zero attached hydrogens (tertiary/aromatic N) is 1. The van der Waals surface area contributed by atoms with Crippen LogP contribution in [0.1, 0.15) is 0 Å². The van der Waals surface area contributed by atoms with Crippen LogP contribution in [-0.2, 0) is 0 Å². The van der Waals surface area contributed by atoms with Crippen molar-refractivity contribution in [2.75, 3.05) is 7.11 Å². The summed E-state index contributed by atoms with van der Waals surface area (Å²) in [5, 5.41) is 1.70. The maximum absolute atomic E-state index is 12.7. The maximum Gasteiger partial charge on any atom is 0.213 e. The number of ether oxygens (including phenoxy) is 1. The largest absolute Gasteiger partial charge is 0.497 e. The van der Waals surface area contributed by atoms with Crippen LogP contribution in [0.2, 0.25) is 0 Å². The number of fused-ring (bicyclic) bond motifs is 1. The SMILES string of the molecule is COc1ccc2cnc(F)cc2c1. The number of hydrogen-bond acceptors (Lipinski definition) is 2. The Kier molecular flexibility index (Phi) is 1.85. The second-order valence-corrected chi connectivity index (χ2v) is 2.72. The maximum atomic E-state index is 12.7. The Balaban J connectivity index is 2.68. The lowest BCUT2D eigenvalue weighted by Gasteiger charge is -2.01. The van der Waals surface area contributed by atoms with Crippen molar-refractivity contribution >= 4 is 10.8 Å². The van der Waals surface area contributed by atoms with Crippen molar-refractivity contribution in [3.05, 3.63) is 36.4 Å². The molecule has 0 bridgehead atoms. The van der Waals surface area contributed by atoms with Crippen LogP contribution in [0.15, 0.2) is 30.5 Å². The zero-order valence-corrected chi connectivity index (χ0v) is 7.12. The van der Waals surface area contributed by atoms with E-state index >= 15 is 0 Å². The highest BCUT2D eigenvalue weighted by atomic mass is 19.1. The van der Waals surface area contributed by atoms with Gasteiger partial charge in [0.05, 0.1) is 7.11 Å². The number of rotatable bonds is 1. The van der Waals surface area contributed by atoms with E-state index < -0.39 is 5.95 Å². The lowest BCUT2D eigenvalue weighted by atomic mass is 10.2. The zero-order valence-electron chi connectivity index (χ0n) is 7.12. The van der Waals surface area contributed by atoms with Gasteiger partial charge in [0.1, 0.15) is 5.75 Å². The minimum absolute atomic E-state index is 0.472. The fourth-order valence-electron chi connectivity index (χ4n) is 1.22. The van der Waals surface area contributed by atoms with Gasteiger partial charge in [0.15, 0.2) is 0 Å². The highest BCUT2D eigenvalue weighted by molar-refractivity contribution is 5.82. The molecule has 0 fully saturated rings. The van der Waals surface area contributed by atoms with E-state index in [-0.39, 0.29) is 0 Å². The zero-order chi connectivity index (χ0) is 9.26. The summed E-state index contributed by atoms with van der Waals surface area (Å²) in [5.41, 5.74) is 0. The topological polar surface area (TPSA) is 22.1 Å². The van der Waals surface area contributed by atoms with Crippen LogP contribution in [0.3, 0.4) is 0 Å². The molecule has 66 valence electrons. The Hall–Kier alpha value is -1.64. The van der Waals surface area contributed by atoms with Gasteiger partial charge in [-0.15, -0.1) is 0 Å². The fraction of sp³-hybridized carbons (Fsp3) is 0.100. The second-order valence-electron chi connectivity index (χ2n) is 2.72. The van der Waals surface area contributed by atoms with Gasteiger partial charge in [-0.3, -0.25) is 0 Å². The number of pyridine rings is 1. The summed E-state index contributed by atoms with van der Waals surface area (Å²) < 4.78 is 17.7. The van der Waals surface area contributed by atoms with Gasteiger partial charge in [0, 0.05) is 17.6 Å². The van der Waals surface area contributed by atoms with Crippen LogP contribution < -0.4 is 4.74 Å². The Morgan fingerprint density at radius 3 is 2.85 bits per heavy atom. The molecule has 2 aromatic rings. The van der Waals surface area contributed by atoms with Crippen molar-refractivity contribution in [3.63, 3.8) is 0 Å². The normalized spacial score (nSPS) is 10.3.